The van der Waals surface area contributed by atoms with Gasteiger partial charge in [0.25, 0.3) is 0 Å². The lowest BCUT2D eigenvalue weighted by Crippen LogP contribution is -2.33. The zero-order chi connectivity index (χ0) is 19.3. The van der Waals surface area contributed by atoms with Gasteiger partial charge in [-0.1, -0.05) is 36.4 Å². The first-order valence-corrected chi connectivity index (χ1v) is 8.84. The van der Waals surface area contributed by atoms with E-state index in [4.69, 9.17) is 20.1 Å². The van der Waals surface area contributed by atoms with Crippen LogP contribution in [-0.4, -0.2) is 24.5 Å². The number of unbranched alkanes of at least 4 members (excludes halogenated alkanes) is 1. The van der Waals surface area contributed by atoms with E-state index in [9.17, 15) is 4.79 Å². The molecule has 7 heteroatoms. The van der Waals surface area contributed by atoms with Gasteiger partial charge in [-0.2, -0.15) is 5.48 Å². The lowest BCUT2D eigenvalue weighted by Gasteiger charge is -2.11. The summed E-state index contributed by atoms with van der Waals surface area (Å²) in [6, 6.07) is 17.8. The molecule has 0 bridgehead atoms. The topological polar surface area (TPSA) is 95.2 Å². The van der Waals surface area contributed by atoms with Gasteiger partial charge in [0, 0.05) is 13.5 Å². The predicted molar refractivity (Wildman–Crippen MR) is 103 cm³/mol. The number of nitrogens with one attached hydrogen (secondary N) is 1. The Balaban J connectivity index is 1.58. The molecule has 7 nitrogen and oxygen atoms in total. The standard InChI is InChI=1S/C20H25N3O4/c1-16(23-27-18-12-6-3-7-13-18)25-20(24)19(21)14-8-9-15-22-26-17-10-4-2-5-11-17/h2-7,10-13,19,22H,8-9,14-15,21H2,1H3/t19-/m0/s1. The minimum atomic E-state index is -0.707. The summed E-state index contributed by atoms with van der Waals surface area (Å²) in [7, 11) is 0. The number of benzene rings is 2. The van der Waals surface area contributed by atoms with Crippen LogP contribution in [0.15, 0.2) is 65.8 Å². The monoisotopic (exact) mass is 371 g/mol. The third kappa shape index (κ3) is 8.35. The first-order chi connectivity index (χ1) is 13.1. The van der Waals surface area contributed by atoms with Crippen molar-refractivity contribution in [1.82, 2.24) is 5.48 Å². The Hall–Kier alpha value is -2.90. The lowest BCUT2D eigenvalue weighted by molar-refractivity contribution is -0.137. The number of oxime groups is 1. The van der Waals surface area contributed by atoms with Gasteiger partial charge in [0.05, 0.1) is 0 Å². The predicted octanol–water partition coefficient (Wildman–Crippen LogP) is 3.02. The van der Waals surface area contributed by atoms with Crippen molar-refractivity contribution in [3.05, 3.63) is 60.7 Å². The van der Waals surface area contributed by atoms with Crippen molar-refractivity contribution in [3.8, 4) is 11.5 Å². The minimum absolute atomic E-state index is 0.109. The van der Waals surface area contributed by atoms with E-state index in [1.165, 1.54) is 0 Å². The number of para-hydroxylation sites is 2. The van der Waals surface area contributed by atoms with E-state index in [2.05, 4.69) is 10.6 Å². The summed E-state index contributed by atoms with van der Waals surface area (Å²) in [6.45, 7) is 2.19. The van der Waals surface area contributed by atoms with Gasteiger partial charge in [-0.25, -0.2) is 4.79 Å². The molecule has 0 aliphatic rings. The number of hydrogen-bond acceptors (Lipinski definition) is 7. The number of ether oxygens (including phenoxy) is 1. The molecule has 0 heterocycles. The molecule has 27 heavy (non-hydrogen) atoms. The first kappa shape index (κ1) is 20.4. The highest BCUT2D eigenvalue weighted by atomic mass is 16.7. The second-order valence-corrected chi connectivity index (χ2v) is 5.85. The fourth-order valence-corrected chi connectivity index (χ4v) is 2.14. The number of carbonyl (C=O) groups is 1. The number of hydroxylamine groups is 1. The van der Waals surface area contributed by atoms with Crippen molar-refractivity contribution in [1.29, 1.82) is 0 Å². The zero-order valence-electron chi connectivity index (χ0n) is 15.3. The molecule has 0 unspecified atom stereocenters. The van der Waals surface area contributed by atoms with E-state index in [1.54, 1.807) is 19.1 Å². The Labute approximate surface area is 159 Å². The molecule has 3 N–H and O–H groups in total. The maximum atomic E-state index is 11.9. The van der Waals surface area contributed by atoms with Gasteiger partial charge in [-0.05, 0) is 48.7 Å². The zero-order valence-corrected chi connectivity index (χ0v) is 15.3. The van der Waals surface area contributed by atoms with Gasteiger partial charge in [0.15, 0.2) is 5.75 Å². The summed E-state index contributed by atoms with van der Waals surface area (Å²) in [5.74, 6) is 0.895. The van der Waals surface area contributed by atoms with Crippen molar-refractivity contribution in [2.75, 3.05) is 6.54 Å². The average molecular weight is 371 g/mol. The van der Waals surface area contributed by atoms with Crippen molar-refractivity contribution in [3.63, 3.8) is 0 Å². The molecule has 144 valence electrons. The van der Waals surface area contributed by atoms with Gasteiger partial charge in [-0.3, -0.25) is 0 Å². The molecule has 0 saturated heterocycles. The molecule has 0 aromatic heterocycles. The molecule has 0 saturated carbocycles. The fraction of sp³-hybridized carbons (Fsp3) is 0.300. The van der Waals surface area contributed by atoms with Crippen LogP contribution in [0.3, 0.4) is 0 Å². The van der Waals surface area contributed by atoms with Gasteiger partial charge < -0.3 is 20.1 Å². The van der Waals surface area contributed by atoms with Crippen molar-refractivity contribution in [2.24, 2.45) is 10.9 Å². The largest absolute Gasteiger partial charge is 0.409 e. The van der Waals surface area contributed by atoms with Crippen LogP contribution in [0.25, 0.3) is 0 Å². The number of rotatable bonds is 10. The third-order valence-corrected chi connectivity index (χ3v) is 3.55. The summed E-state index contributed by atoms with van der Waals surface area (Å²) in [4.78, 5) is 22.5. The van der Waals surface area contributed by atoms with Crippen LogP contribution >= 0.6 is 0 Å². The Kier molecular flexibility index (Phi) is 8.82. The number of nitrogens with two attached hydrogens (primary N) is 1. The molecule has 0 aliphatic carbocycles. The Morgan fingerprint density at radius 3 is 2.33 bits per heavy atom. The van der Waals surface area contributed by atoms with E-state index >= 15 is 0 Å². The number of esters is 1. The smallest absolute Gasteiger partial charge is 0.329 e. The molecule has 0 aliphatic heterocycles. The van der Waals surface area contributed by atoms with E-state index < -0.39 is 12.0 Å². The van der Waals surface area contributed by atoms with Crippen LogP contribution in [0, 0.1) is 0 Å². The molecule has 2 aromatic rings. The van der Waals surface area contributed by atoms with Crippen LogP contribution in [0.2, 0.25) is 0 Å². The van der Waals surface area contributed by atoms with Crippen LogP contribution in [0.1, 0.15) is 26.2 Å². The Bertz CT molecular complexity index is 708. The molecular formula is C20H25N3O4. The van der Waals surface area contributed by atoms with Gasteiger partial charge in [-0.15, -0.1) is 0 Å². The first-order valence-electron chi connectivity index (χ1n) is 8.84. The van der Waals surface area contributed by atoms with Gasteiger partial charge in [0.2, 0.25) is 5.90 Å². The summed E-state index contributed by atoms with van der Waals surface area (Å²) in [5.41, 5.74) is 8.73. The SMILES string of the molecule is CC(=NOc1ccccc1)OC(=O)[C@@H](N)CCCCNOc1ccccc1. The molecule has 0 amide bonds. The summed E-state index contributed by atoms with van der Waals surface area (Å²) >= 11 is 0. The third-order valence-electron chi connectivity index (χ3n) is 3.55. The highest BCUT2D eigenvalue weighted by Crippen LogP contribution is 2.09. The molecule has 1 atom stereocenters. The van der Waals surface area contributed by atoms with E-state index in [0.29, 0.717) is 18.7 Å². The van der Waals surface area contributed by atoms with E-state index in [-0.39, 0.29) is 5.90 Å². The number of carbonyl (C=O) groups excluding carboxylic acids is 1. The normalized spacial score (nSPS) is 12.3. The van der Waals surface area contributed by atoms with Gasteiger partial charge >= 0.3 is 5.97 Å². The summed E-state index contributed by atoms with van der Waals surface area (Å²) < 4.78 is 5.09. The molecule has 0 fully saturated rings. The minimum Gasteiger partial charge on any atom is -0.409 e. The summed E-state index contributed by atoms with van der Waals surface area (Å²) in [5, 5.41) is 3.76. The lowest BCUT2D eigenvalue weighted by atomic mass is 10.1. The van der Waals surface area contributed by atoms with Crippen LogP contribution in [0.4, 0.5) is 0 Å². The molecule has 0 spiro atoms. The molecule has 2 rings (SSSR count). The Morgan fingerprint density at radius 1 is 1.04 bits per heavy atom. The maximum absolute atomic E-state index is 11.9. The van der Waals surface area contributed by atoms with Crippen molar-refractivity contribution in [2.45, 2.75) is 32.2 Å². The van der Waals surface area contributed by atoms with Crippen LogP contribution < -0.4 is 20.9 Å². The fourth-order valence-electron chi connectivity index (χ4n) is 2.14. The van der Waals surface area contributed by atoms with Crippen LogP contribution in [0.5, 0.6) is 11.5 Å². The maximum Gasteiger partial charge on any atom is 0.329 e. The Morgan fingerprint density at radius 2 is 1.67 bits per heavy atom. The quantitative estimate of drug-likeness (QED) is 0.219. The second kappa shape index (κ2) is 11.7. The van der Waals surface area contributed by atoms with Crippen molar-refractivity contribution < 1.29 is 19.2 Å². The van der Waals surface area contributed by atoms with E-state index in [0.717, 1.165) is 18.6 Å². The van der Waals surface area contributed by atoms with Gasteiger partial charge in [0.1, 0.15) is 11.8 Å². The highest BCUT2D eigenvalue weighted by Gasteiger charge is 2.16. The molecular weight excluding hydrogens is 346 g/mol. The highest BCUT2D eigenvalue weighted by molar-refractivity contribution is 5.89. The van der Waals surface area contributed by atoms with Crippen LogP contribution in [-0.2, 0) is 9.53 Å². The van der Waals surface area contributed by atoms with Crippen molar-refractivity contribution >= 4 is 11.9 Å². The molecule has 2 aromatic carbocycles. The molecule has 0 radical (unpaired) electrons. The number of hydrogen-bond donors (Lipinski definition) is 2. The summed E-state index contributed by atoms with van der Waals surface area (Å²) in [6.07, 6.45) is 2.09. The number of nitrogens with zero attached hydrogens (tertiary/aromatic N) is 1. The average Bonchev–Trinajstić information content (AvgIpc) is 2.70. The van der Waals surface area contributed by atoms with E-state index in [1.807, 2.05) is 48.5 Å². The second-order valence-electron chi connectivity index (χ2n) is 5.85.